The maximum atomic E-state index is 11.9. The SMILES string of the molecule is [B][C@@H]1O[C@H](CCP(=O)(O)CP(=C)(C)O)C(O)[C@@H]1C. The van der Waals surface area contributed by atoms with Crippen molar-refractivity contribution in [1.29, 1.82) is 0 Å². The molecule has 8 heteroatoms. The quantitative estimate of drug-likeness (QED) is 0.507. The Hall–Kier alpha value is 0.435. The van der Waals surface area contributed by atoms with Crippen LogP contribution in [-0.4, -0.2) is 66.0 Å². The van der Waals surface area contributed by atoms with Crippen LogP contribution in [0.15, 0.2) is 0 Å². The van der Waals surface area contributed by atoms with Crippen molar-refractivity contribution < 1.29 is 24.2 Å². The summed E-state index contributed by atoms with van der Waals surface area (Å²) >= 11 is 0. The number of aliphatic hydroxyl groups excluding tert-OH is 1. The van der Waals surface area contributed by atoms with Gasteiger partial charge >= 0.3 is 0 Å². The van der Waals surface area contributed by atoms with Crippen molar-refractivity contribution in [1.82, 2.24) is 0 Å². The molecule has 3 N–H and O–H groups in total. The van der Waals surface area contributed by atoms with Gasteiger partial charge in [-0.15, -0.1) is 0 Å². The van der Waals surface area contributed by atoms with Gasteiger partial charge in [0.1, 0.15) is 7.85 Å². The molecule has 1 fully saturated rings. The van der Waals surface area contributed by atoms with Crippen LogP contribution in [0.3, 0.4) is 0 Å². The Morgan fingerprint density at radius 3 is 2.39 bits per heavy atom. The molecule has 1 heterocycles. The van der Waals surface area contributed by atoms with Gasteiger partial charge < -0.3 is 19.6 Å². The second-order valence-corrected chi connectivity index (χ2v) is 11.3. The molecule has 2 radical (unpaired) electrons. The first-order valence-electron chi connectivity index (χ1n) is 5.84. The Morgan fingerprint density at radius 2 is 2.00 bits per heavy atom. The zero-order valence-electron chi connectivity index (χ0n) is 10.8. The third-order valence-corrected chi connectivity index (χ3v) is 8.22. The third-order valence-electron chi connectivity index (χ3n) is 3.06. The molecule has 6 atom stereocenters. The first kappa shape index (κ1) is 16.5. The highest BCUT2D eigenvalue weighted by Gasteiger charge is 2.38. The van der Waals surface area contributed by atoms with E-state index in [1.54, 1.807) is 6.92 Å². The van der Waals surface area contributed by atoms with Gasteiger partial charge in [0, 0.05) is 25.2 Å². The van der Waals surface area contributed by atoms with E-state index >= 15 is 0 Å². The molecule has 1 rings (SSSR count). The zero-order chi connectivity index (χ0) is 14.1. The van der Waals surface area contributed by atoms with E-state index in [9.17, 15) is 19.5 Å². The summed E-state index contributed by atoms with van der Waals surface area (Å²) < 4.78 is 17.2. The minimum Gasteiger partial charge on any atom is -0.390 e. The Morgan fingerprint density at radius 1 is 1.44 bits per heavy atom. The molecular weight excluding hydrogens is 273 g/mol. The fraction of sp³-hybridized carbons (Fsp3) is 0.900. The van der Waals surface area contributed by atoms with E-state index < -0.39 is 32.7 Å². The van der Waals surface area contributed by atoms with Crippen LogP contribution in [0.5, 0.6) is 0 Å². The number of hydrogen-bond acceptors (Lipinski definition) is 4. The molecule has 0 aromatic rings. The van der Waals surface area contributed by atoms with Gasteiger partial charge in [0.05, 0.1) is 18.1 Å². The van der Waals surface area contributed by atoms with Crippen LogP contribution in [0.4, 0.5) is 0 Å². The highest BCUT2D eigenvalue weighted by Crippen LogP contribution is 2.55. The lowest BCUT2D eigenvalue weighted by Gasteiger charge is -2.20. The fourth-order valence-electron chi connectivity index (χ4n) is 2.05. The molecular formula is C10H21BO5P2. The van der Waals surface area contributed by atoms with E-state index in [1.807, 2.05) is 0 Å². The summed E-state index contributed by atoms with van der Waals surface area (Å²) in [5.41, 5.74) is 0. The van der Waals surface area contributed by atoms with Gasteiger partial charge in [-0.2, -0.15) is 0 Å². The molecule has 0 aliphatic carbocycles. The lowest BCUT2D eigenvalue weighted by molar-refractivity contribution is 0.0297. The van der Waals surface area contributed by atoms with E-state index in [2.05, 4.69) is 6.30 Å². The molecule has 1 aliphatic heterocycles. The summed E-state index contributed by atoms with van der Waals surface area (Å²) in [5, 5.41) is 9.83. The minimum atomic E-state index is -3.43. The van der Waals surface area contributed by atoms with E-state index in [1.165, 1.54) is 6.66 Å². The lowest BCUT2D eigenvalue weighted by Crippen LogP contribution is -2.26. The van der Waals surface area contributed by atoms with Crippen LogP contribution >= 0.6 is 14.5 Å². The molecule has 1 aliphatic rings. The Bertz CT molecular complexity index is 382. The fourth-order valence-corrected chi connectivity index (χ4v) is 7.09. The summed E-state index contributed by atoms with van der Waals surface area (Å²) in [7, 11) is -0.315. The topological polar surface area (TPSA) is 87.0 Å². The smallest absolute Gasteiger partial charge is 0.206 e. The third kappa shape index (κ3) is 4.84. The van der Waals surface area contributed by atoms with Crippen LogP contribution in [-0.2, 0) is 9.30 Å². The van der Waals surface area contributed by atoms with Crippen LogP contribution < -0.4 is 0 Å². The van der Waals surface area contributed by atoms with Gasteiger partial charge in [-0.3, -0.25) is 4.57 Å². The van der Waals surface area contributed by atoms with Gasteiger partial charge in [0.15, 0.2) is 0 Å². The van der Waals surface area contributed by atoms with Gasteiger partial charge in [-0.1, -0.05) is 13.2 Å². The van der Waals surface area contributed by atoms with Gasteiger partial charge in [-0.05, 0) is 13.1 Å². The second-order valence-electron chi connectivity index (χ2n) is 5.33. The highest BCUT2D eigenvalue weighted by molar-refractivity contribution is 7.80. The first-order valence-corrected chi connectivity index (χ1v) is 10.4. The summed E-state index contributed by atoms with van der Waals surface area (Å²) in [6.45, 7) is 3.27. The van der Waals surface area contributed by atoms with Crippen molar-refractivity contribution in [3.8, 4) is 0 Å². The number of hydrogen-bond donors (Lipinski definition) is 3. The molecule has 3 unspecified atom stereocenters. The van der Waals surface area contributed by atoms with Crippen LogP contribution in [0, 0.1) is 5.92 Å². The molecule has 1 saturated heterocycles. The van der Waals surface area contributed by atoms with Crippen LogP contribution in [0.25, 0.3) is 0 Å². The maximum Gasteiger partial charge on any atom is 0.206 e. The molecule has 5 nitrogen and oxygen atoms in total. The monoisotopic (exact) mass is 294 g/mol. The Kier molecular flexibility index (Phi) is 5.34. The molecule has 0 aromatic heterocycles. The van der Waals surface area contributed by atoms with E-state index in [4.69, 9.17) is 12.6 Å². The number of aliphatic hydroxyl groups is 1. The van der Waals surface area contributed by atoms with E-state index in [-0.39, 0.29) is 24.4 Å². The summed E-state index contributed by atoms with van der Waals surface area (Å²) in [4.78, 5) is 19.3. The average molecular weight is 294 g/mol. The molecule has 104 valence electrons. The normalized spacial score (nSPS) is 39.2. The maximum absolute atomic E-state index is 11.9. The largest absolute Gasteiger partial charge is 0.390 e. The van der Waals surface area contributed by atoms with E-state index in [0.29, 0.717) is 0 Å². The van der Waals surface area contributed by atoms with Crippen molar-refractivity contribution in [3.63, 3.8) is 0 Å². The molecule has 0 aromatic carbocycles. The predicted octanol–water partition coefficient (Wildman–Crippen LogP) is 0.481. The summed E-state index contributed by atoms with van der Waals surface area (Å²) in [5.74, 6) is -0.346. The van der Waals surface area contributed by atoms with Crippen LogP contribution in [0.1, 0.15) is 13.3 Å². The lowest BCUT2D eigenvalue weighted by atomic mass is 9.86. The zero-order valence-corrected chi connectivity index (χ0v) is 12.6. The Balaban J connectivity index is 2.51. The van der Waals surface area contributed by atoms with Gasteiger partial charge in [0.2, 0.25) is 7.37 Å². The standard InChI is InChI=1S/C10H21BO5P2/c1-7-9(12)8(16-10(7)11)4-5-18(14,15)6-17(2,3)13/h7-10,12-13H,2,4-6H2,1,3H3,(H,14,15)/t7-,8+,9?,10+,17?/m0/s1. The molecule has 0 amide bonds. The predicted molar refractivity (Wildman–Crippen MR) is 75.9 cm³/mol. The van der Waals surface area contributed by atoms with Crippen molar-refractivity contribution in [3.05, 3.63) is 0 Å². The van der Waals surface area contributed by atoms with Gasteiger partial charge in [-0.25, -0.2) is 0 Å². The van der Waals surface area contributed by atoms with Crippen molar-refractivity contribution in [2.24, 2.45) is 5.92 Å². The highest BCUT2D eigenvalue weighted by atomic mass is 31.2. The molecule has 0 saturated carbocycles. The second kappa shape index (κ2) is 5.82. The van der Waals surface area contributed by atoms with Gasteiger partial charge in [0.25, 0.3) is 0 Å². The average Bonchev–Trinajstić information content (AvgIpc) is 2.39. The summed E-state index contributed by atoms with van der Waals surface area (Å²) in [6.07, 6.45) is 2.54. The Labute approximate surface area is 109 Å². The van der Waals surface area contributed by atoms with Crippen molar-refractivity contribution >= 4 is 28.6 Å². The number of ether oxygens (including phenoxy) is 1. The van der Waals surface area contributed by atoms with Crippen molar-refractivity contribution in [2.75, 3.05) is 18.7 Å². The first-order chi connectivity index (χ1) is 8.02. The minimum absolute atomic E-state index is 0.000162. The van der Waals surface area contributed by atoms with E-state index in [0.717, 1.165) is 0 Å². The molecule has 0 spiro atoms. The molecule has 0 bridgehead atoms. The van der Waals surface area contributed by atoms with Crippen molar-refractivity contribution in [2.45, 2.75) is 31.6 Å². The summed E-state index contributed by atoms with van der Waals surface area (Å²) in [6, 6.07) is -0.536. The number of rotatable bonds is 5. The van der Waals surface area contributed by atoms with Crippen LogP contribution in [0.2, 0.25) is 0 Å². The molecule has 18 heavy (non-hydrogen) atoms.